The average molecular weight is 292 g/mol. The minimum atomic E-state index is -0.216. The number of halogens is 2. The fourth-order valence-corrected chi connectivity index (χ4v) is 1.62. The normalized spacial score (nSPS) is 10.7. The molecule has 0 heterocycles. The summed E-state index contributed by atoms with van der Waals surface area (Å²) >= 11 is 3.29. The van der Waals surface area contributed by atoms with Crippen molar-refractivity contribution in [3.63, 3.8) is 0 Å². The Morgan fingerprint density at radius 1 is 1.38 bits per heavy atom. The number of nitrogens with one attached hydrogen (secondary N) is 1. The highest BCUT2D eigenvalue weighted by molar-refractivity contribution is 9.10. The van der Waals surface area contributed by atoms with Crippen LogP contribution in [0.3, 0.4) is 0 Å². The maximum Gasteiger partial charge on any atom is 0.127 e. The predicted octanol–water partition coefficient (Wildman–Crippen LogP) is 1.69. The van der Waals surface area contributed by atoms with E-state index in [1.165, 1.54) is 6.07 Å². The second kappa shape index (κ2) is 7.73. The van der Waals surface area contributed by atoms with Crippen LogP contribution >= 0.6 is 15.9 Å². The molecule has 0 atom stereocenters. The van der Waals surface area contributed by atoms with Gasteiger partial charge in [-0.15, -0.1) is 0 Å². The summed E-state index contributed by atoms with van der Waals surface area (Å²) in [5.41, 5.74) is 0.622. The first-order chi connectivity index (χ1) is 7.74. The van der Waals surface area contributed by atoms with Crippen molar-refractivity contribution in [1.29, 1.82) is 0 Å². The van der Waals surface area contributed by atoms with Gasteiger partial charge in [0.1, 0.15) is 5.82 Å². The summed E-state index contributed by atoms with van der Waals surface area (Å²) in [4.78, 5) is 0. The van der Waals surface area contributed by atoms with Crippen molar-refractivity contribution < 1.29 is 14.2 Å². The number of ether oxygens (including phenoxy) is 1. The topological polar surface area (TPSA) is 41.5 Å². The number of aliphatic hydroxyl groups is 1. The van der Waals surface area contributed by atoms with Gasteiger partial charge in [-0.25, -0.2) is 4.39 Å². The van der Waals surface area contributed by atoms with Crippen LogP contribution in [0.25, 0.3) is 0 Å². The highest BCUT2D eigenvalue weighted by Gasteiger charge is 2.01. The lowest BCUT2D eigenvalue weighted by Crippen LogP contribution is -2.20. The molecule has 0 aliphatic heterocycles. The van der Waals surface area contributed by atoms with Crippen molar-refractivity contribution in [1.82, 2.24) is 5.32 Å². The smallest absolute Gasteiger partial charge is 0.127 e. The summed E-state index contributed by atoms with van der Waals surface area (Å²) in [5.74, 6) is -0.216. The average Bonchev–Trinajstić information content (AvgIpc) is 2.28. The third-order valence-electron chi connectivity index (χ3n) is 1.98. The van der Waals surface area contributed by atoms with Crippen molar-refractivity contribution in [2.75, 3.05) is 26.4 Å². The lowest BCUT2D eigenvalue weighted by atomic mass is 10.2. The molecule has 0 radical (unpaired) electrons. The third-order valence-corrected chi connectivity index (χ3v) is 2.48. The first kappa shape index (κ1) is 13.6. The molecule has 0 aliphatic carbocycles. The Morgan fingerprint density at radius 2 is 2.19 bits per heavy atom. The zero-order valence-electron chi connectivity index (χ0n) is 8.88. The second-order valence-electron chi connectivity index (χ2n) is 3.25. The van der Waals surface area contributed by atoms with E-state index in [4.69, 9.17) is 9.84 Å². The summed E-state index contributed by atoms with van der Waals surface area (Å²) < 4.78 is 19.2. The van der Waals surface area contributed by atoms with Crippen LogP contribution in [-0.2, 0) is 11.3 Å². The molecule has 0 aromatic heterocycles. The Labute approximate surface area is 103 Å². The zero-order chi connectivity index (χ0) is 11.8. The second-order valence-corrected chi connectivity index (χ2v) is 4.16. The largest absolute Gasteiger partial charge is 0.394 e. The van der Waals surface area contributed by atoms with Crippen LogP contribution in [0.4, 0.5) is 4.39 Å². The van der Waals surface area contributed by atoms with Gasteiger partial charge < -0.3 is 15.2 Å². The van der Waals surface area contributed by atoms with Gasteiger partial charge in [0.15, 0.2) is 0 Å². The molecule has 0 amide bonds. The van der Waals surface area contributed by atoms with E-state index in [1.54, 1.807) is 12.1 Å². The van der Waals surface area contributed by atoms with E-state index >= 15 is 0 Å². The summed E-state index contributed by atoms with van der Waals surface area (Å²) in [6.07, 6.45) is 0. The van der Waals surface area contributed by atoms with E-state index in [0.29, 0.717) is 31.9 Å². The van der Waals surface area contributed by atoms with Gasteiger partial charge in [0.25, 0.3) is 0 Å². The minimum absolute atomic E-state index is 0.0280. The lowest BCUT2D eigenvalue weighted by molar-refractivity contribution is 0.0937. The van der Waals surface area contributed by atoms with Crippen molar-refractivity contribution in [2.24, 2.45) is 0 Å². The maximum atomic E-state index is 13.3. The molecule has 16 heavy (non-hydrogen) atoms. The summed E-state index contributed by atoms with van der Waals surface area (Å²) in [5, 5.41) is 11.5. The van der Waals surface area contributed by atoms with Crippen molar-refractivity contribution in [3.05, 3.63) is 34.1 Å². The van der Waals surface area contributed by atoms with Gasteiger partial charge in [0, 0.05) is 23.1 Å². The van der Waals surface area contributed by atoms with Crippen LogP contribution in [0.1, 0.15) is 5.56 Å². The molecule has 5 heteroatoms. The van der Waals surface area contributed by atoms with Crippen molar-refractivity contribution in [3.8, 4) is 0 Å². The molecule has 0 saturated heterocycles. The molecule has 2 N–H and O–H groups in total. The molecule has 1 aromatic carbocycles. The minimum Gasteiger partial charge on any atom is -0.394 e. The van der Waals surface area contributed by atoms with Gasteiger partial charge in [-0.3, -0.25) is 0 Å². The van der Waals surface area contributed by atoms with Gasteiger partial charge in [-0.05, 0) is 18.2 Å². The molecule has 90 valence electrons. The SMILES string of the molecule is OCCOCCNCc1cc(Br)ccc1F. The van der Waals surface area contributed by atoms with Gasteiger partial charge in [-0.1, -0.05) is 15.9 Å². The number of aliphatic hydroxyl groups excluding tert-OH is 1. The molecular formula is C11H15BrFNO2. The highest BCUT2D eigenvalue weighted by Crippen LogP contribution is 2.15. The number of hydrogen-bond acceptors (Lipinski definition) is 3. The van der Waals surface area contributed by atoms with Gasteiger partial charge in [-0.2, -0.15) is 0 Å². The van der Waals surface area contributed by atoms with Crippen LogP contribution in [0.2, 0.25) is 0 Å². The van der Waals surface area contributed by atoms with E-state index in [9.17, 15) is 4.39 Å². The molecule has 0 fully saturated rings. The summed E-state index contributed by atoms with van der Waals surface area (Å²) in [6.45, 7) is 1.98. The quantitative estimate of drug-likeness (QED) is 0.751. The van der Waals surface area contributed by atoms with E-state index in [0.717, 1.165) is 4.47 Å². The molecule has 0 bridgehead atoms. The Morgan fingerprint density at radius 3 is 2.94 bits per heavy atom. The first-order valence-electron chi connectivity index (χ1n) is 5.07. The van der Waals surface area contributed by atoms with E-state index < -0.39 is 0 Å². The maximum absolute atomic E-state index is 13.3. The molecule has 0 unspecified atom stereocenters. The fourth-order valence-electron chi connectivity index (χ4n) is 1.21. The zero-order valence-corrected chi connectivity index (χ0v) is 10.5. The Kier molecular flexibility index (Phi) is 6.56. The Bertz CT molecular complexity index is 323. The van der Waals surface area contributed by atoms with Crippen LogP contribution in [0.5, 0.6) is 0 Å². The van der Waals surface area contributed by atoms with Crippen LogP contribution in [0.15, 0.2) is 22.7 Å². The molecule has 0 aliphatic rings. The third kappa shape index (κ3) is 5.03. The predicted molar refractivity (Wildman–Crippen MR) is 63.7 cm³/mol. The Balaban J connectivity index is 2.23. The van der Waals surface area contributed by atoms with Crippen LogP contribution in [-0.4, -0.2) is 31.5 Å². The summed E-state index contributed by atoms with van der Waals surface area (Å²) in [7, 11) is 0. The number of rotatable bonds is 7. The monoisotopic (exact) mass is 291 g/mol. The fraction of sp³-hybridized carbons (Fsp3) is 0.455. The lowest BCUT2D eigenvalue weighted by Gasteiger charge is -2.06. The van der Waals surface area contributed by atoms with E-state index in [1.807, 2.05) is 0 Å². The molecule has 1 aromatic rings. The van der Waals surface area contributed by atoms with Crippen LogP contribution < -0.4 is 5.32 Å². The van der Waals surface area contributed by atoms with Crippen LogP contribution in [0, 0.1) is 5.82 Å². The van der Waals surface area contributed by atoms with Gasteiger partial charge in [0.2, 0.25) is 0 Å². The van der Waals surface area contributed by atoms with E-state index in [2.05, 4.69) is 21.2 Å². The standard InChI is InChI=1S/C11H15BrFNO2/c12-10-1-2-11(13)9(7-10)8-14-3-5-16-6-4-15/h1-2,7,14-15H,3-6,8H2. The van der Waals surface area contributed by atoms with Crippen molar-refractivity contribution in [2.45, 2.75) is 6.54 Å². The Hall–Kier alpha value is -0.490. The number of hydrogen-bond donors (Lipinski definition) is 2. The van der Waals surface area contributed by atoms with Crippen molar-refractivity contribution >= 4 is 15.9 Å². The molecule has 0 spiro atoms. The van der Waals surface area contributed by atoms with Gasteiger partial charge in [0.05, 0.1) is 19.8 Å². The summed E-state index contributed by atoms with van der Waals surface area (Å²) in [6, 6.07) is 4.85. The van der Waals surface area contributed by atoms with Gasteiger partial charge >= 0.3 is 0 Å². The number of benzene rings is 1. The first-order valence-corrected chi connectivity index (χ1v) is 5.86. The highest BCUT2D eigenvalue weighted by atomic mass is 79.9. The molecular weight excluding hydrogens is 277 g/mol. The molecule has 0 saturated carbocycles. The molecule has 1 rings (SSSR count). The van der Waals surface area contributed by atoms with E-state index in [-0.39, 0.29) is 12.4 Å². The molecule has 3 nitrogen and oxygen atoms in total.